The van der Waals surface area contributed by atoms with Crippen LogP contribution >= 0.6 is 0 Å². The summed E-state index contributed by atoms with van der Waals surface area (Å²) in [5.41, 5.74) is 0.836. The van der Waals surface area contributed by atoms with E-state index in [0.29, 0.717) is 19.6 Å². The third kappa shape index (κ3) is 4.99. The Morgan fingerprint density at radius 1 is 1.20 bits per heavy atom. The van der Waals surface area contributed by atoms with E-state index in [1.807, 2.05) is 0 Å². The summed E-state index contributed by atoms with van der Waals surface area (Å²) in [6, 6.07) is 6.02. The third-order valence-electron chi connectivity index (χ3n) is 4.76. The number of hydrogen-bond donors (Lipinski definition) is 1. The molecular weight excluding hydrogens is 325 g/mol. The van der Waals surface area contributed by atoms with E-state index in [0.717, 1.165) is 38.4 Å². The Hall–Kier alpha value is -1.99. The highest BCUT2D eigenvalue weighted by atomic mass is 19.1. The predicted molar refractivity (Wildman–Crippen MR) is 90.2 cm³/mol. The van der Waals surface area contributed by atoms with Gasteiger partial charge in [-0.15, -0.1) is 0 Å². The standard InChI is InChI=1S/C18H24FN3O3/c19-16-3-1-14(2-4-16)12-20-18(24)15-11-17(23)22(13-15)6-5-21-7-9-25-10-8-21/h1-4,15H,5-13H2,(H,20,24). The van der Waals surface area contributed by atoms with Gasteiger partial charge in [-0.1, -0.05) is 12.1 Å². The molecule has 1 atom stereocenters. The topological polar surface area (TPSA) is 61.9 Å². The van der Waals surface area contributed by atoms with Gasteiger partial charge in [0.1, 0.15) is 5.82 Å². The second-order valence-electron chi connectivity index (χ2n) is 6.54. The van der Waals surface area contributed by atoms with E-state index < -0.39 is 0 Å². The summed E-state index contributed by atoms with van der Waals surface area (Å²) in [7, 11) is 0. The number of nitrogens with one attached hydrogen (secondary N) is 1. The Bertz CT molecular complexity index is 602. The minimum Gasteiger partial charge on any atom is -0.379 e. The number of hydrogen-bond acceptors (Lipinski definition) is 4. The van der Waals surface area contributed by atoms with Gasteiger partial charge in [-0.2, -0.15) is 0 Å². The van der Waals surface area contributed by atoms with Gasteiger partial charge in [-0.3, -0.25) is 14.5 Å². The van der Waals surface area contributed by atoms with Gasteiger partial charge in [0, 0.05) is 45.7 Å². The Morgan fingerprint density at radius 3 is 2.64 bits per heavy atom. The molecule has 136 valence electrons. The van der Waals surface area contributed by atoms with Crippen LogP contribution in [0.25, 0.3) is 0 Å². The molecule has 0 bridgehead atoms. The molecule has 2 saturated heterocycles. The van der Waals surface area contributed by atoms with E-state index in [2.05, 4.69) is 10.2 Å². The van der Waals surface area contributed by atoms with Gasteiger partial charge in [-0.25, -0.2) is 4.39 Å². The molecule has 0 saturated carbocycles. The lowest BCUT2D eigenvalue weighted by Gasteiger charge is -2.28. The minimum atomic E-state index is -0.308. The predicted octanol–water partition coefficient (Wildman–Crippen LogP) is 0.623. The fourth-order valence-corrected chi connectivity index (χ4v) is 3.19. The van der Waals surface area contributed by atoms with Crippen molar-refractivity contribution in [2.75, 3.05) is 45.9 Å². The Balaban J connectivity index is 1.42. The van der Waals surface area contributed by atoms with Gasteiger partial charge in [0.05, 0.1) is 19.1 Å². The van der Waals surface area contributed by atoms with Crippen molar-refractivity contribution < 1.29 is 18.7 Å². The molecule has 6 nitrogen and oxygen atoms in total. The van der Waals surface area contributed by atoms with E-state index in [4.69, 9.17) is 4.74 Å². The fraction of sp³-hybridized carbons (Fsp3) is 0.556. The van der Waals surface area contributed by atoms with Crippen LogP contribution in [0.3, 0.4) is 0 Å². The normalized spacial score (nSPS) is 21.6. The number of halogens is 1. The van der Waals surface area contributed by atoms with Gasteiger partial charge in [0.2, 0.25) is 11.8 Å². The second-order valence-corrected chi connectivity index (χ2v) is 6.54. The highest BCUT2D eigenvalue weighted by Crippen LogP contribution is 2.18. The van der Waals surface area contributed by atoms with Gasteiger partial charge in [0.15, 0.2) is 0 Å². The SMILES string of the molecule is O=C(NCc1ccc(F)cc1)C1CC(=O)N(CCN2CCOCC2)C1. The molecule has 2 fully saturated rings. The van der Waals surface area contributed by atoms with Crippen molar-refractivity contribution in [1.29, 1.82) is 0 Å². The first-order valence-electron chi connectivity index (χ1n) is 8.72. The number of carbonyl (C=O) groups is 2. The van der Waals surface area contributed by atoms with Crippen molar-refractivity contribution >= 4 is 11.8 Å². The maximum absolute atomic E-state index is 12.9. The highest BCUT2D eigenvalue weighted by Gasteiger charge is 2.34. The van der Waals surface area contributed by atoms with Crippen LogP contribution in [0.5, 0.6) is 0 Å². The molecule has 2 aliphatic rings. The van der Waals surface area contributed by atoms with Crippen LogP contribution in [0.15, 0.2) is 24.3 Å². The minimum absolute atomic E-state index is 0.0372. The molecule has 7 heteroatoms. The van der Waals surface area contributed by atoms with Gasteiger partial charge < -0.3 is 15.0 Å². The van der Waals surface area contributed by atoms with Crippen LogP contribution in [0.4, 0.5) is 4.39 Å². The largest absolute Gasteiger partial charge is 0.379 e. The van der Waals surface area contributed by atoms with E-state index >= 15 is 0 Å². The summed E-state index contributed by atoms with van der Waals surface area (Å²) in [5.74, 6) is -0.688. The Labute approximate surface area is 146 Å². The monoisotopic (exact) mass is 349 g/mol. The molecule has 1 unspecified atom stereocenters. The molecule has 25 heavy (non-hydrogen) atoms. The molecule has 1 aromatic rings. The summed E-state index contributed by atoms with van der Waals surface area (Å²) in [5, 5.41) is 2.84. The molecule has 0 aliphatic carbocycles. The van der Waals surface area contributed by atoms with Gasteiger partial charge >= 0.3 is 0 Å². The second kappa shape index (κ2) is 8.40. The quantitative estimate of drug-likeness (QED) is 0.818. The van der Waals surface area contributed by atoms with Crippen molar-refractivity contribution in [3.63, 3.8) is 0 Å². The molecule has 0 spiro atoms. The maximum Gasteiger partial charge on any atom is 0.225 e. The lowest BCUT2D eigenvalue weighted by Crippen LogP contribution is -2.42. The van der Waals surface area contributed by atoms with E-state index in [1.54, 1.807) is 17.0 Å². The zero-order valence-corrected chi connectivity index (χ0v) is 14.2. The molecule has 1 aromatic carbocycles. The highest BCUT2D eigenvalue weighted by molar-refractivity contribution is 5.89. The summed E-state index contributed by atoms with van der Waals surface area (Å²) in [6.07, 6.45) is 0.262. The van der Waals surface area contributed by atoms with Crippen molar-refractivity contribution in [3.05, 3.63) is 35.6 Å². The van der Waals surface area contributed by atoms with E-state index in [9.17, 15) is 14.0 Å². The molecule has 2 aliphatic heterocycles. The van der Waals surface area contributed by atoms with Crippen LogP contribution in [0.2, 0.25) is 0 Å². The number of amides is 2. The van der Waals surface area contributed by atoms with Crippen LogP contribution in [0, 0.1) is 11.7 Å². The Morgan fingerprint density at radius 2 is 1.92 bits per heavy atom. The van der Waals surface area contributed by atoms with Crippen molar-refractivity contribution in [2.45, 2.75) is 13.0 Å². The number of carbonyl (C=O) groups excluding carboxylic acids is 2. The summed E-state index contributed by atoms with van der Waals surface area (Å²) in [6.45, 7) is 5.55. The lowest BCUT2D eigenvalue weighted by molar-refractivity contribution is -0.129. The first-order chi connectivity index (χ1) is 12.1. The van der Waals surface area contributed by atoms with Crippen LogP contribution in [-0.4, -0.2) is 67.6 Å². The van der Waals surface area contributed by atoms with Crippen LogP contribution < -0.4 is 5.32 Å². The average molecular weight is 349 g/mol. The molecule has 0 aromatic heterocycles. The van der Waals surface area contributed by atoms with E-state index in [-0.39, 0.29) is 30.0 Å². The summed E-state index contributed by atoms with van der Waals surface area (Å²) >= 11 is 0. The molecular formula is C18H24FN3O3. The zero-order valence-electron chi connectivity index (χ0n) is 14.2. The number of rotatable bonds is 6. The molecule has 2 heterocycles. The van der Waals surface area contributed by atoms with E-state index in [1.165, 1.54) is 12.1 Å². The smallest absolute Gasteiger partial charge is 0.225 e. The van der Waals surface area contributed by atoms with Gasteiger partial charge in [-0.05, 0) is 17.7 Å². The van der Waals surface area contributed by atoms with Crippen molar-refractivity contribution in [2.24, 2.45) is 5.92 Å². The number of likely N-dealkylation sites (tertiary alicyclic amines) is 1. The maximum atomic E-state index is 12.9. The number of nitrogens with zero attached hydrogens (tertiary/aromatic N) is 2. The Kier molecular flexibility index (Phi) is 5.99. The number of benzene rings is 1. The molecule has 3 rings (SSSR count). The zero-order chi connectivity index (χ0) is 17.6. The first-order valence-corrected chi connectivity index (χ1v) is 8.72. The molecule has 1 N–H and O–H groups in total. The third-order valence-corrected chi connectivity index (χ3v) is 4.76. The average Bonchev–Trinajstić information content (AvgIpc) is 3.01. The van der Waals surface area contributed by atoms with Gasteiger partial charge in [0.25, 0.3) is 0 Å². The summed E-state index contributed by atoms with van der Waals surface area (Å²) < 4.78 is 18.2. The number of ether oxygens (including phenoxy) is 1. The molecule has 2 amide bonds. The van der Waals surface area contributed by atoms with Crippen molar-refractivity contribution in [1.82, 2.24) is 15.1 Å². The fourth-order valence-electron chi connectivity index (χ4n) is 3.19. The number of morpholine rings is 1. The lowest BCUT2D eigenvalue weighted by atomic mass is 10.1. The first kappa shape index (κ1) is 17.8. The summed E-state index contributed by atoms with van der Waals surface area (Å²) in [4.78, 5) is 28.5. The molecule has 0 radical (unpaired) electrons. The van der Waals surface area contributed by atoms with Crippen LogP contribution in [-0.2, 0) is 20.9 Å². The van der Waals surface area contributed by atoms with Crippen LogP contribution in [0.1, 0.15) is 12.0 Å². The van der Waals surface area contributed by atoms with Crippen molar-refractivity contribution in [3.8, 4) is 0 Å².